The molecule has 0 saturated carbocycles. The molecule has 1 aromatic rings. The fraction of sp³-hybridized carbons (Fsp3) is 0.533. The minimum Gasteiger partial charge on any atom is -0.341 e. The number of sulfonamides is 1. The van der Waals surface area contributed by atoms with E-state index in [1.165, 1.54) is 12.1 Å². The second-order valence-corrected chi connectivity index (χ2v) is 7.38. The maximum Gasteiger partial charge on any atom is 0.241 e. The first-order valence-corrected chi connectivity index (χ1v) is 8.74. The zero-order valence-electron chi connectivity index (χ0n) is 12.5. The highest BCUT2D eigenvalue weighted by atomic mass is 32.2. The smallest absolute Gasteiger partial charge is 0.241 e. The zero-order valence-corrected chi connectivity index (χ0v) is 13.3. The number of likely N-dealkylation sites (tertiary alicyclic amines) is 1. The summed E-state index contributed by atoms with van der Waals surface area (Å²) in [6.07, 6.45) is 1.95. The number of hydrogen-bond acceptors (Lipinski definition) is 3. The van der Waals surface area contributed by atoms with Gasteiger partial charge in [-0.2, -0.15) is 4.72 Å². The Morgan fingerprint density at radius 3 is 2.38 bits per heavy atom. The first-order valence-electron chi connectivity index (χ1n) is 7.26. The fourth-order valence-electron chi connectivity index (χ4n) is 2.45. The summed E-state index contributed by atoms with van der Waals surface area (Å²) in [4.78, 5) is 14.2. The van der Waals surface area contributed by atoms with E-state index in [2.05, 4.69) is 11.6 Å². The van der Waals surface area contributed by atoms with E-state index < -0.39 is 16.1 Å². The number of amides is 1. The lowest BCUT2D eigenvalue weighted by atomic mass is 9.99. The van der Waals surface area contributed by atoms with Crippen molar-refractivity contribution in [1.82, 2.24) is 9.62 Å². The maximum atomic E-state index is 12.3. The predicted molar refractivity (Wildman–Crippen MR) is 81.2 cm³/mol. The average molecular weight is 310 g/mol. The molecule has 0 radical (unpaired) electrons. The molecule has 1 amide bonds. The van der Waals surface area contributed by atoms with E-state index in [9.17, 15) is 13.2 Å². The molecule has 1 aromatic carbocycles. The van der Waals surface area contributed by atoms with E-state index in [1.54, 1.807) is 30.0 Å². The van der Waals surface area contributed by atoms with Crippen molar-refractivity contribution >= 4 is 15.9 Å². The number of rotatable bonds is 4. The van der Waals surface area contributed by atoms with Crippen molar-refractivity contribution in [3.8, 4) is 0 Å². The average Bonchev–Trinajstić information content (AvgIpc) is 2.48. The van der Waals surface area contributed by atoms with Crippen molar-refractivity contribution in [3.05, 3.63) is 30.3 Å². The van der Waals surface area contributed by atoms with E-state index in [4.69, 9.17) is 0 Å². The Hall–Kier alpha value is -1.40. The highest BCUT2D eigenvalue weighted by molar-refractivity contribution is 7.89. The van der Waals surface area contributed by atoms with Gasteiger partial charge in [0.15, 0.2) is 0 Å². The van der Waals surface area contributed by atoms with Crippen LogP contribution in [0.5, 0.6) is 0 Å². The molecule has 1 aliphatic heterocycles. The molecule has 0 aromatic heterocycles. The summed E-state index contributed by atoms with van der Waals surface area (Å²) < 4.78 is 26.9. The van der Waals surface area contributed by atoms with E-state index >= 15 is 0 Å². The summed E-state index contributed by atoms with van der Waals surface area (Å²) in [5, 5.41) is 0. The van der Waals surface area contributed by atoms with Gasteiger partial charge in [-0.3, -0.25) is 4.79 Å². The van der Waals surface area contributed by atoms with Crippen LogP contribution in [-0.2, 0) is 14.8 Å². The standard InChI is InChI=1S/C15H22N2O3S/c1-12-8-10-17(11-9-12)15(18)13(2)16-21(19,20)14-6-4-3-5-7-14/h3-7,12-13,16H,8-11H2,1-2H3. The van der Waals surface area contributed by atoms with E-state index in [-0.39, 0.29) is 10.8 Å². The molecule has 0 spiro atoms. The molecule has 6 heteroatoms. The van der Waals surface area contributed by atoms with Gasteiger partial charge in [-0.1, -0.05) is 25.1 Å². The lowest BCUT2D eigenvalue weighted by Crippen LogP contribution is -2.49. The van der Waals surface area contributed by atoms with Gasteiger partial charge in [0.25, 0.3) is 0 Å². The van der Waals surface area contributed by atoms with E-state index in [1.807, 2.05) is 0 Å². The van der Waals surface area contributed by atoms with E-state index in [0.29, 0.717) is 19.0 Å². The van der Waals surface area contributed by atoms with Crippen LogP contribution in [0.3, 0.4) is 0 Å². The number of carbonyl (C=O) groups excluding carboxylic acids is 1. The van der Waals surface area contributed by atoms with Crippen LogP contribution < -0.4 is 4.72 Å². The number of hydrogen-bond donors (Lipinski definition) is 1. The SMILES string of the molecule is CC1CCN(C(=O)C(C)NS(=O)(=O)c2ccccc2)CC1. The third kappa shape index (κ3) is 4.04. The predicted octanol–water partition coefficient (Wildman–Crippen LogP) is 1.61. The lowest BCUT2D eigenvalue weighted by molar-refractivity contribution is -0.133. The van der Waals surface area contributed by atoms with Gasteiger partial charge in [-0.15, -0.1) is 0 Å². The monoisotopic (exact) mass is 310 g/mol. The normalized spacial score (nSPS) is 18.5. The minimum absolute atomic E-state index is 0.151. The Kier molecular flexibility index (Phi) is 5.00. The summed E-state index contributed by atoms with van der Waals surface area (Å²) in [5.41, 5.74) is 0. The molecule has 1 N–H and O–H groups in total. The molecule has 1 atom stereocenters. The molecule has 21 heavy (non-hydrogen) atoms. The van der Waals surface area contributed by atoms with Crippen LogP contribution >= 0.6 is 0 Å². The summed E-state index contributed by atoms with van der Waals surface area (Å²) in [7, 11) is -3.65. The number of nitrogens with one attached hydrogen (secondary N) is 1. The maximum absolute atomic E-state index is 12.3. The third-order valence-corrected chi connectivity index (χ3v) is 5.41. The highest BCUT2D eigenvalue weighted by Gasteiger charge is 2.27. The van der Waals surface area contributed by atoms with Gasteiger partial charge in [0, 0.05) is 13.1 Å². The van der Waals surface area contributed by atoms with Crippen molar-refractivity contribution < 1.29 is 13.2 Å². The topological polar surface area (TPSA) is 66.5 Å². The number of carbonyl (C=O) groups is 1. The van der Waals surface area contributed by atoms with E-state index in [0.717, 1.165) is 12.8 Å². The van der Waals surface area contributed by atoms with Crippen LogP contribution in [0, 0.1) is 5.92 Å². The molecular weight excluding hydrogens is 288 g/mol. The number of benzene rings is 1. The summed E-state index contributed by atoms with van der Waals surface area (Å²) >= 11 is 0. The quantitative estimate of drug-likeness (QED) is 0.919. The molecule has 1 saturated heterocycles. The molecular formula is C15H22N2O3S. The first-order chi connectivity index (χ1) is 9.90. The molecule has 116 valence electrons. The molecule has 1 fully saturated rings. The lowest BCUT2D eigenvalue weighted by Gasteiger charge is -2.32. The van der Waals surface area contributed by atoms with Gasteiger partial charge in [0.2, 0.25) is 15.9 Å². The minimum atomic E-state index is -3.65. The van der Waals surface area contributed by atoms with Crippen LogP contribution in [0.25, 0.3) is 0 Å². The van der Waals surface area contributed by atoms with Crippen LogP contribution in [0.4, 0.5) is 0 Å². The third-order valence-electron chi connectivity index (χ3n) is 3.85. The summed E-state index contributed by atoms with van der Waals surface area (Å²) in [5.74, 6) is 0.478. The second kappa shape index (κ2) is 6.58. The van der Waals surface area contributed by atoms with Crippen molar-refractivity contribution in [2.45, 2.75) is 37.6 Å². The largest absolute Gasteiger partial charge is 0.341 e. The molecule has 2 rings (SSSR count). The van der Waals surface area contributed by atoms with Crippen molar-refractivity contribution in [2.75, 3.05) is 13.1 Å². The Bertz CT molecular complexity index is 578. The molecule has 0 aliphatic carbocycles. The second-order valence-electron chi connectivity index (χ2n) is 5.66. The summed E-state index contributed by atoms with van der Waals surface area (Å²) in [6, 6.07) is 7.36. The van der Waals surface area contributed by atoms with Crippen molar-refractivity contribution in [3.63, 3.8) is 0 Å². The van der Waals surface area contributed by atoms with Crippen LogP contribution in [-0.4, -0.2) is 38.4 Å². The molecule has 5 nitrogen and oxygen atoms in total. The Balaban J connectivity index is 2.01. The van der Waals surface area contributed by atoms with Crippen LogP contribution in [0.15, 0.2) is 35.2 Å². The number of piperidine rings is 1. The Morgan fingerprint density at radius 1 is 1.24 bits per heavy atom. The van der Waals surface area contributed by atoms with Gasteiger partial charge in [0.05, 0.1) is 10.9 Å². The van der Waals surface area contributed by atoms with Crippen LogP contribution in [0.2, 0.25) is 0 Å². The highest BCUT2D eigenvalue weighted by Crippen LogP contribution is 2.17. The van der Waals surface area contributed by atoms with Gasteiger partial charge >= 0.3 is 0 Å². The first kappa shape index (κ1) is 16.0. The van der Waals surface area contributed by atoms with Crippen molar-refractivity contribution in [1.29, 1.82) is 0 Å². The Labute approximate surface area is 126 Å². The van der Waals surface area contributed by atoms with Crippen molar-refractivity contribution in [2.24, 2.45) is 5.92 Å². The van der Waals surface area contributed by atoms with Gasteiger partial charge in [-0.25, -0.2) is 8.42 Å². The van der Waals surface area contributed by atoms with Gasteiger partial charge in [0.1, 0.15) is 0 Å². The van der Waals surface area contributed by atoms with Gasteiger partial charge in [-0.05, 0) is 37.8 Å². The molecule has 1 aliphatic rings. The zero-order chi connectivity index (χ0) is 15.5. The Morgan fingerprint density at radius 2 is 1.81 bits per heavy atom. The fourth-order valence-corrected chi connectivity index (χ4v) is 3.67. The van der Waals surface area contributed by atoms with Gasteiger partial charge < -0.3 is 4.90 Å². The van der Waals surface area contributed by atoms with Crippen LogP contribution in [0.1, 0.15) is 26.7 Å². The molecule has 1 unspecified atom stereocenters. The molecule has 1 heterocycles. The number of nitrogens with zero attached hydrogens (tertiary/aromatic N) is 1. The molecule has 0 bridgehead atoms. The summed E-state index contributed by atoms with van der Waals surface area (Å²) in [6.45, 7) is 5.18.